The van der Waals surface area contributed by atoms with Crippen molar-refractivity contribution in [3.8, 4) is 0 Å². The summed E-state index contributed by atoms with van der Waals surface area (Å²) in [5, 5.41) is 4.37. The van der Waals surface area contributed by atoms with Crippen molar-refractivity contribution in [1.82, 2.24) is 15.2 Å². The molecule has 1 amide bonds. The van der Waals surface area contributed by atoms with E-state index in [0.717, 1.165) is 60.2 Å². The molecule has 26 heavy (non-hydrogen) atoms. The zero-order valence-corrected chi connectivity index (χ0v) is 15.9. The van der Waals surface area contributed by atoms with E-state index in [9.17, 15) is 9.18 Å². The number of aromatic nitrogens is 1. The molecule has 2 aliphatic heterocycles. The van der Waals surface area contributed by atoms with Crippen molar-refractivity contribution in [2.24, 2.45) is 5.41 Å². The molecule has 4 nitrogen and oxygen atoms in total. The summed E-state index contributed by atoms with van der Waals surface area (Å²) >= 11 is 1.48. The quantitative estimate of drug-likeness (QED) is 0.897. The van der Waals surface area contributed by atoms with Gasteiger partial charge >= 0.3 is 0 Å². The van der Waals surface area contributed by atoms with E-state index < -0.39 is 0 Å². The molecule has 2 fully saturated rings. The van der Waals surface area contributed by atoms with Gasteiger partial charge in [0.25, 0.3) is 5.91 Å². The largest absolute Gasteiger partial charge is 0.338 e. The summed E-state index contributed by atoms with van der Waals surface area (Å²) in [7, 11) is 0. The first-order chi connectivity index (χ1) is 12.5. The number of piperidine rings is 1. The van der Waals surface area contributed by atoms with Crippen LogP contribution in [0.4, 0.5) is 4.39 Å². The fraction of sp³-hybridized carbons (Fsp3) is 0.500. The van der Waals surface area contributed by atoms with Gasteiger partial charge in [0, 0.05) is 26.1 Å². The van der Waals surface area contributed by atoms with Gasteiger partial charge < -0.3 is 10.2 Å². The van der Waals surface area contributed by atoms with Crippen molar-refractivity contribution in [1.29, 1.82) is 0 Å². The second kappa shape index (κ2) is 7.08. The number of hydrogen-bond donors (Lipinski definition) is 1. The number of halogens is 1. The minimum atomic E-state index is -0.236. The number of nitrogens with one attached hydrogen (secondary N) is 1. The van der Waals surface area contributed by atoms with Crippen LogP contribution in [0.3, 0.4) is 0 Å². The smallest absolute Gasteiger partial charge is 0.265 e. The second-order valence-corrected chi connectivity index (χ2v) is 8.63. The van der Waals surface area contributed by atoms with Crippen LogP contribution in [-0.4, -0.2) is 42.0 Å². The molecule has 0 saturated carbocycles. The molecule has 3 heterocycles. The highest BCUT2D eigenvalue weighted by Gasteiger charge is 2.38. The van der Waals surface area contributed by atoms with Crippen molar-refractivity contribution in [3.05, 3.63) is 51.2 Å². The van der Waals surface area contributed by atoms with Gasteiger partial charge in [-0.1, -0.05) is 12.1 Å². The number of benzene rings is 1. The molecule has 6 heteroatoms. The Morgan fingerprint density at radius 1 is 1.27 bits per heavy atom. The minimum Gasteiger partial charge on any atom is -0.338 e. The fourth-order valence-corrected chi connectivity index (χ4v) is 5.12. The van der Waals surface area contributed by atoms with Crippen LogP contribution in [0.15, 0.2) is 24.3 Å². The van der Waals surface area contributed by atoms with Gasteiger partial charge in [0.05, 0.1) is 10.7 Å². The van der Waals surface area contributed by atoms with Gasteiger partial charge in [-0.25, -0.2) is 9.37 Å². The van der Waals surface area contributed by atoms with Gasteiger partial charge in [-0.3, -0.25) is 4.79 Å². The molecular weight excluding hydrogens is 349 g/mol. The highest BCUT2D eigenvalue weighted by molar-refractivity contribution is 7.13. The zero-order chi connectivity index (χ0) is 18.1. The van der Waals surface area contributed by atoms with Crippen molar-refractivity contribution in [2.75, 3.05) is 26.2 Å². The molecule has 2 saturated heterocycles. The van der Waals surface area contributed by atoms with E-state index in [0.29, 0.717) is 11.8 Å². The lowest BCUT2D eigenvalue weighted by Crippen LogP contribution is -2.44. The number of likely N-dealkylation sites (tertiary alicyclic amines) is 1. The summed E-state index contributed by atoms with van der Waals surface area (Å²) in [6.45, 7) is 5.78. The number of carbonyl (C=O) groups is 1. The third-order valence-corrected chi connectivity index (χ3v) is 6.89. The van der Waals surface area contributed by atoms with Crippen LogP contribution >= 0.6 is 11.3 Å². The molecule has 0 bridgehead atoms. The normalized spacial score (nSPS) is 19.2. The minimum absolute atomic E-state index is 0.117. The molecule has 1 aromatic carbocycles. The number of nitrogens with zero attached hydrogens (tertiary/aromatic N) is 2. The van der Waals surface area contributed by atoms with Gasteiger partial charge in [-0.15, -0.1) is 11.3 Å². The van der Waals surface area contributed by atoms with E-state index in [1.54, 1.807) is 12.1 Å². The van der Waals surface area contributed by atoms with Crippen molar-refractivity contribution < 1.29 is 9.18 Å². The lowest BCUT2D eigenvalue weighted by Gasteiger charge is -2.38. The highest BCUT2D eigenvalue weighted by Crippen LogP contribution is 2.37. The van der Waals surface area contributed by atoms with Gasteiger partial charge in [-0.2, -0.15) is 0 Å². The molecule has 2 aliphatic rings. The number of amides is 1. The molecule has 1 spiro atoms. The maximum absolute atomic E-state index is 13.0. The Balaban J connectivity index is 1.43. The summed E-state index contributed by atoms with van der Waals surface area (Å²) in [5.41, 5.74) is 2.22. The molecule has 2 aromatic rings. The van der Waals surface area contributed by atoms with E-state index in [2.05, 4.69) is 10.3 Å². The Kier molecular flexibility index (Phi) is 4.80. The van der Waals surface area contributed by atoms with Crippen LogP contribution in [-0.2, 0) is 6.42 Å². The van der Waals surface area contributed by atoms with Crippen LogP contribution in [0.25, 0.3) is 0 Å². The zero-order valence-electron chi connectivity index (χ0n) is 15.1. The molecule has 0 unspecified atom stereocenters. The Bertz CT molecular complexity index is 786. The maximum atomic E-state index is 13.0. The molecule has 0 atom stereocenters. The van der Waals surface area contributed by atoms with Gasteiger partial charge in [0.1, 0.15) is 10.7 Å². The second-order valence-electron chi connectivity index (χ2n) is 7.54. The SMILES string of the molecule is Cc1nc(Cc2ccc(F)cc2)sc1C(=O)N1CCC2(CCNC2)CC1. The summed E-state index contributed by atoms with van der Waals surface area (Å²) < 4.78 is 13.0. The van der Waals surface area contributed by atoms with Crippen LogP contribution < -0.4 is 5.32 Å². The number of aryl methyl sites for hydroxylation is 1. The third-order valence-electron chi connectivity index (χ3n) is 5.75. The lowest BCUT2D eigenvalue weighted by atomic mass is 9.78. The van der Waals surface area contributed by atoms with Gasteiger partial charge in [0.2, 0.25) is 0 Å². The molecule has 1 aromatic heterocycles. The molecule has 138 valence electrons. The van der Waals surface area contributed by atoms with E-state index in [4.69, 9.17) is 0 Å². The topological polar surface area (TPSA) is 45.2 Å². The van der Waals surface area contributed by atoms with E-state index in [1.165, 1.54) is 29.9 Å². The average molecular weight is 373 g/mol. The maximum Gasteiger partial charge on any atom is 0.265 e. The van der Waals surface area contributed by atoms with E-state index >= 15 is 0 Å². The van der Waals surface area contributed by atoms with Crippen molar-refractivity contribution >= 4 is 17.2 Å². The Morgan fingerprint density at radius 2 is 2.00 bits per heavy atom. The average Bonchev–Trinajstić information content (AvgIpc) is 3.24. The summed E-state index contributed by atoms with van der Waals surface area (Å²) in [4.78, 5) is 20.3. The first-order valence-corrected chi connectivity index (χ1v) is 10.1. The van der Waals surface area contributed by atoms with Crippen molar-refractivity contribution in [2.45, 2.75) is 32.6 Å². The number of hydrogen-bond acceptors (Lipinski definition) is 4. The van der Waals surface area contributed by atoms with Crippen LogP contribution in [0.5, 0.6) is 0 Å². The van der Waals surface area contributed by atoms with E-state index in [1.807, 2.05) is 11.8 Å². The molecule has 4 rings (SSSR count). The van der Waals surface area contributed by atoms with Crippen LogP contribution in [0.1, 0.15) is 45.2 Å². The summed E-state index contributed by atoms with van der Waals surface area (Å²) in [6, 6.07) is 6.47. The molecule has 0 aliphatic carbocycles. The Morgan fingerprint density at radius 3 is 2.65 bits per heavy atom. The Labute approximate surface area is 157 Å². The summed E-state index contributed by atoms with van der Waals surface area (Å²) in [6.07, 6.45) is 4.04. The van der Waals surface area contributed by atoms with Crippen molar-refractivity contribution in [3.63, 3.8) is 0 Å². The molecule has 0 radical (unpaired) electrons. The first-order valence-electron chi connectivity index (χ1n) is 9.25. The standard InChI is InChI=1S/C20H24FN3OS/c1-14-18(26-17(23-14)12-15-2-4-16(21)5-3-15)19(25)24-10-7-20(8-11-24)6-9-22-13-20/h2-5,22H,6-13H2,1H3. The number of rotatable bonds is 3. The molecular formula is C20H24FN3OS. The third kappa shape index (κ3) is 3.53. The Hall–Kier alpha value is -1.79. The van der Waals surface area contributed by atoms with Gasteiger partial charge in [-0.05, 0) is 55.8 Å². The fourth-order valence-electron chi connectivity index (χ4n) is 4.05. The van der Waals surface area contributed by atoms with Gasteiger partial charge in [0.15, 0.2) is 0 Å². The molecule has 1 N–H and O–H groups in total. The van der Waals surface area contributed by atoms with Crippen LogP contribution in [0, 0.1) is 18.2 Å². The van der Waals surface area contributed by atoms with Crippen LogP contribution in [0.2, 0.25) is 0 Å². The highest BCUT2D eigenvalue weighted by atomic mass is 32.1. The summed E-state index contributed by atoms with van der Waals surface area (Å²) in [5.74, 6) is -0.119. The number of carbonyl (C=O) groups excluding carboxylic acids is 1. The number of thiazole rings is 1. The monoisotopic (exact) mass is 373 g/mol. The first kappa shape index (κ1) is 17.6. The predicted octanol–water partition coefficient (Wildman–Crippen LogP) is 3.40. The predicted molar refractivity (Wildman–Crippen MR) is 101 cm³/mol. The van der Waals surface area contributed by atoms with E-state index in [-0.39, 0.29) is 11.7 Å². The lowest BCUT2D eigenvalue weighted by molar-refractivity contribution is 0.0611.